The average molecular weight is 368 g/mol. The predicted molar refractivity (Wildman–Crippen MR) is 96.8 cm³/mol. The molecule has 2 rings (SSSR count). The molecular weight excluding hydrogens is 336 g/mol. The molecule has 0 aromatic carbocycles. The number of carbonyl (C=O) groups excluding carboxylic acids is 2. The molecule has 26 heavy (non-hydrogen) atoms. The maximum absolute atomic E-state index is 12.9. The molecule has 4 unspecified atom stereocenters. The minimum atomic E-state index is -1.46. The highest BCUT2D eigenvalue weighted by molar-refractivity contribution is 6.10. The van der Waals surface area contributed by atoms with Crippen LogP contribution in [0.3, 0.4) is 0 Å². The van der Waals surface area contributed by atoms with Crippen molar-refractivity contribution in [1.29, 1.82) is 0 Å². The molecule has 7 nitrogen and oxygen atoms in total. The average Bonchev–Trinajstić information content (AvgIpc) is 3.01. The number of carbonyl (C=O) groups is 3. The molecule has 3 N–H and O–H groups in total. The van der Waals surface area contributed by atoms with Crippen molar-refractivity contribution < 1.29 is 24.2 Å². The lowest BCUT2D eigenvalue weighted by molar-refractivity contribution is -0.150. The van der Waals surface area contributed by atoms with E-state index in [1.165, 1.54) is 0 Å². The summed E-state index contributed by atoms with van der Waals surface area (Å²) in [7, 11) is 0. The van der Waals surface area contributed by atoms with Crippen LogP contribution in [0.1, 0.15) is 65.2 Å². The van der Waals surface area contributed by atoms with Gasteiger partial charge in [0.1, 0.15) is 0 Å². The number of ketones is 1. The normalized spacial score (nSPS) is 29.0. The molecule has 0 amide bonds. The number of ether oxygens (including phenoxy) is 1. The molecule has 2 aliphatic rings. The van der Waals surface area contributed by atoms with Crippen LogP contribution in [0.15, 0.2) is 0 Å². The fourth-order valence-electron chi connectivity index (χ4n) is 4.25. The molecule has 0 aromatic rings. The highest BCUT2D eigenvalue weighted by atomic mass is 16.5. The SMILES string of the molecule is CCOC(=O)CCCCNC(C)C(=O)C1(C(=O)O)CC2CCCCC2N1. The number of Topliss-reactive ketones (excluding diaryl/α,β-unsaturated/α-hetero) is 1. The summed E-state index contributed by atoms with van der Waals surface area (Å²) in [5.41, 5.74) is -1.46. The standard InChI is InChI=1S/C19H32N2O5/c1-3-26-16(22)10-6-7-11-20-13(2)17(23)19(18(24)25)12-14-8-4-5-9-15(14)21-19/h13-15,20-21H,3-12H2,1-2H3,(H,24,25). The maximum Gasteiger partial charge on any atom is 0.331 e. The van der Waals surface area contributed by atoms with Gasteiger partial charge in [0.2, 0.25) is 0 Å². The van der Waals surface area contributed by atoms with Gasteiger partial charge in [0.15, 0.2) is 11.3 Å². The van der Waals surface area contributed by atoms with Gasteiger partial charge in [-0.3, -0.25) is 14.9 Å². The number of fused-ring (bicyclic) bond motifs is 1. The Hall–Kier alpha value is -1.47. The largest absolute Gasteiger partial charge is 0.480 e. The van der Waals surface area contributed by atoms with Gasteiger partial charge < -0.3 is 15.2 Å². The van der Waals surface area contributed by atoms with E-state index in [0.29, 0.717) is 32.4 Å². The molecule has 1 aliphatic heterocycles. The summed E-state index contributed by atoms with van der Waals surface area (Å²) in [5, 5.41) is 16.1. The zero-order valence-corrected chi connectivity index (χ0v) is 15.9. The lowest BCUT2D eigenvalue weighted by atomic mass is 9.80. The number of rotatable bonds is 10. The van der Waals surface area contributed by atoms with E-state index in [1.54, 1.807) is 13.8 Å². The smallest absolute Gasteiger partial charge is 0.331 e. The van der Waals surface area contributed by atoms with Gasteiger partial charge in [-0.25, -0.2) is 4.79 Å². The Bertz CT molecular complexity index is 508. The van der Waals surface area contributed by atoms with Gasteiger partial charge in [-0.2, -0.15) is 0 Å². The molecule has 0 radical (unpaired) electrons. The van der Waals surface area contributed by atoms with Crippen molar-refractivity contribution in [2.45, 2.75) is 82.8 Å². The number of unbranched alkanes of at least 4 members (excludes halogenated alkanes) is 1. The fraction of sp³-hybridized carbons (Fsp3) is 0.842. The Morgan fingerprint density at radius 2 is 2.00 bits per heavy atom. The molecule has 0 spiro atoms. The van der Waals surface area contributed by atoms with E-state index in [1.807, 2.05) is 0 Å². The van der Waals surface area contributed by atoms with Crippen LogP contribution in [0.2, 0.25) is 0 Å². The first kappa shape index (κ1) is 20.8. The predicted octanol–water partition coefficient (Wildman–Crippen LogP) is 1.64. The zero-order chi connectivity index (χ0) is 19.2. The Kier molecular flexibility index (Phi) is 7.58. The summed E-state index contributed by atoms with van der Waals surface area (Å²) in [6.07, 6.45) is 6.31. The van der Waals surface area contributed by atoms with Gasteiger partial charge in [-0.1, -0.05) is 12.8 Å². The van der Waals surface area contributed by atoms with Gasteiger partial charge >= 0.3 is 11.9 Å². The summed E-state index contributed by atoms with van der Waals surface area (Å²) >= 11 is 0. The van der Waals surface area contributed by atoms with E-state index in [9.17, 15) is 19.5 Å². The second kappa shape index (κ2) is 9.46. The van der Waals surface area contributed by atoms with E-state index >= 15 is 0 Å². The number of carboxylic acids is 1. The van der Waals surface area contributed by atoms with Crippen LogP contribution in [-0.4, -0.2) is 53.6 Å². The van der Waals surface area contributed by atoms with Gasteiger partial charge in [0.25, 0.3) is 0 Å². The van der Waals surface area contributed by atoms with Gasteiger partial charge in [-0.05, 0) is 58.4 Å². The number of carboxylic acid groups (broad SMARTS) is 1. The topological polar surface area (TPSA) is 105 Å². The number of esters is 1. The summed E-state index contributed by atoms with van der Waals surface area (Å²) in [6, 6.07) is -0.401. The Morgan fingerprint density at radius 3 is 2.65 bits per heavy atom. The van der Waals surface area contributed by atoms with E-state index in [4.69, 9.17) is 4.74 Å². The second-order valence-corrected chi connectivity index (χ2v) is 7.51. The van der Waals surface area contributed by atoms with Crippen molar-refractivity contribution in [3.63, 3.8) is 0 Å². The molecule has 1 saturated heterocycles. The second-order valence-electron chi connectivity index (χ2n) is 7.51. The minimum absolute atomic E-state index is 0.139. The first-order valence-electron chi connectivity index (χ1n) is 9.85. The monoisotopic (exact) mass is 368 g/mol. The summed E-state index contributed by atoms with van der Waals surface area (Å²) in [5.74, 6) is -1.28. The summed E-state index contributed by atoms with van der Waals surface area (Å²) in [6.45, 7) is 4.45. The molecule has 0 aromatic heterocycles. The van der Waals surface area contributed by atoms with Crippen LogP contribution in [-0.2, 0) is 19.1 Å². The fourth-order valence-corrected chi connectivity index (χ4v) is 4.25. The molecular formula is C19H32N2O5. The van der Waals surface area contributed by atoms with Crippen molar-refractivity contribution in [3.8, 4) is 0 Å². The zero-order valence-electron chi connectivity index (χ0n) is 15.9. The molecule has 2 fully saturated rings. The first-order chi connectivity index (χ1) is 12.4. The lowest BCUT2D eigenvalue weighted by Gasteiger charge is -2.28. The number of hydrogen-bond donors (Lipinski definition) is 3. The van der Waals surface area contributed by atoms with Crippen molar-refractivity contribution in [2.24, 2.45) is 5.92 Å². The third-order valence-corrected chi connectivity index (χ3v) is 5.65. The number of nitrogens with one attached hydrogen (secondary N) is 2. The Labute approximate surface area is 155 Å². The molecule has 4 atom stereocenters. The van der Waals surface area contributed by atoms with E-state index < -0.39 is 17.6 Å². The van der Waals surface area contributed by atoms with Gasteiger partial charge in [0.05, 0.1) is 12.6 Å². The quantitative estimate of drug-likeness (QED) is 0.306. The first-order valence-corrected chi connectivity index (χ1v) is 9.85. The van der Waals surface area contributed by atoms with E-state index in [0.717, 1.165) is 32.1 Å². The molecule has 0 bridgehead atoms. The van der Waals surface area contributed by atoms with Crippen LogP contribution in [0, 0.1) is 5.92 Å². The summed E-state index contributed by atoms with van der Waals surface area (Å²) < 4.78 is 4.87. The van der Waals surface area contributed by atoms with Crippen LogP contribution < -0.4 is 10.6 Å². The molecule has 1 saturated carbocycles. The number of aliphatic carboxylic acids is 1. The molecule has 1 heterocycles. The number of hydrogen-bond acceptors (Lipinski definition) is 6. The third kappa shape index (κ3) is 4.82. The van der Waals surface area contributed by atoms with Crippen molar-refractivity contribution in [2.75, 3.05) is 13.2 Å². The van der Waals surface area contributed by atoms with Crippen LogP contribution in [0.25, 0.3) is 0 Å². The maximum atomic E-state index is 12.9. The highest BCUT2D eigenvalue weighted by Gasteiger charge is 2.56. The van der Waals surface area contributed by atoms with Crippen molar-refractivity contribution in [1.82, 2.24) is 10.6 Å². The van der Waals surface area contributed by atoms with E-state index in [-0.39, 0.29) is 23.7 Å². The van der Waals surface area contributed by atoms with Gasteiger partial charge in [-0.15, -0.1) is 0 Å². The third-order valence-electron chi connectivity index (χ3n) is 5.65. The van der Waals surface area contributed by atoms with Crippen molar-refractivity contribution in [3.05, 3.63) is 0 Å². The Balaban J connectivity index is 1.83. The summed E-state index contributed by atoms with van der Waals surface area (Å²) in [4.78, 5) is 36.2. The van der Waals surface area contributed by atoms with Crippen LogP contribution in [0.4, 0.5) is 0 Å². The Morgan fingerprint density at radius 1 is 1.27 bits per heavy atom. The van der Waals surface area contributed by atoms with Crippen molar-refractivity contribution >= 4 is 17.7 Å². The van der Waals surface area contributed by atoms with Crippen LogP contribution >= 0.6 is 0 Å². The molecule has 1 aliphatic carbocycles. The van der Waals surface area contributed by atoms with Crippen LogP contribution in [0.5, 0.6) is 0 Å². The van der Waals surface area contributed by atoms with E-state index in [2.05, 4.69) is 10.6 Å². The molecule has 7 heteroatoms. The lowest BCUT2D eigenvalue weighted by Crippen LogP contribution is -2.61. The molecule has 148 valence electrons. The van der Waals surface area contributed by atoms with Gasteiger partial charge in [0, 0.05) is 12.5 Å². The highest BCUT2D eigenvalue weighted by Crippen LogP contribution is 2.39. The minimum Gasteiger partial charge on any atom is -0.480 e.